The van der Waals surface area contributed by atoms with Crippen molar-refractivity contribution in [3.05, 3.63) is 119 Å². The second-order valence-electron chi connectivity index (χ2n) is 15.6. The van der Waals surface area contributed by atoms with E-state index in [0.717, 1.165) is 24.3 Å². The van der Waals surface area contributed by atoms with Gasteiger partial charge in [-0.2, -0.15) is 25.4 Å². The van der Waals surface area contributed by atoms with Crippen LogP contribution in [-0.2, 0) is 57.3 Å². The van der Waals surface area contributed by atoms with Crippen LogP contribution >= 0.6 is 12.4 Å². The fourth-order valence-electron chi connectivity index (χ4n) is 7.06. The minimum Gasteiger partial charge on any atom is -0.465 e. The third-order valence-corrected chi connectivity index (χ3v) is 14.7. The number of piperazine rings is 2. The molecule has 22 heteroatoms. The minimum absolute atomic E-state index is 0. The molecule has 4 aliphatic rings. The Hall–Kier alpha value is -5.10. The zero-order valence-corrected chi connectivity index (χ0v) is 39.9. The van der Waals surface area contributed by atoms with Gasteiger partial charge in [-0.25, -0.2) is 9.59 Å². The minimum atomic E-state index is -3.78. The van der Waals surface area contributed by atoms with Gasteiger partial charge in [0.25, 0.3) is 0 Å². The van der Waals surface area contributed by atoms with Gasteiger partial charge in [0.05, 0.1) is 80.5 Å². The summed E-state index contributed by atoms with van der Waals surface area (Å²) in [6.45, 7) is 10.4. The van der Waals surface area contributed by atoms with Crippen LogP contribution in [-0.4, -0.2) is 157 Å². The molecule has 4 aliphatic heterocycles. The fourth-order valence-corrected chi connectivity index (χ4v) is 10.2. The van der Waals surface area contributed by atoms with E-state index in [1.807, 2.05) is 50.2 Å². The zero-order chi connectivity index (χ0) is 46.6. The first-order valence-electron chi connectivity index (χ1n) is 21.1. The van der Waals surface area contributed by atoms with Crippen molar-refractivity contribution < 1.29 is 50.2 Å². The number of ketones is 1. The molecule has 4 aromatic rings. The molecule has 6 heterocycles. The van der Waals surface area contributed by atoms with E-state index in [2.05, 4.69) is 29.7 Å². The number of nitrogens with zero attached hydrogens (tertiary/aromatic N) is 7. The van der Waals surface area contributed by atoms with E-state index in [1.54, 1.807) is 36.4 Å². The van der Waals surface area contributed by atoms with Crippen molar-refractivity contribution in [1.29, 1.82) is 0 Å². The third kappa shape index (κ3) is 13.5. The van der Waals surface area contributed by atoms with E-state index in [1.165, 1.54) is 43.8 Å². The molecule has 19 nitrogen and oxygen atoms in total. The first kappa shape index (κ1) is 51.9. The monoisotopic (exact) mass is 972 g/mol. The average Bonchev–Trinajstić information content (AvgIpc) is 3.29. The summed E-state index contributed by atoms with van der Waals surface area (Å²) >= 11 is 0. The Morgan fingerprint density at radius 1 is 0.682 bits per heavy atom. The second-order valence-corrected chi connectivity index (χ2v) is 19.3. The highest BCUT2D eigenvalue weighted by atomic mass is 35.5. The molecule has 1 N–H and O–H groups in total. The number of methoxy groups -OCH3 is 2. The molecule has 2 aromatic heterocycles. The van der Waals surface area contributed by atoms with Crippen LogP contribution in [0.3, 0.4) is 0 Å². The molecule has 0 atom stereocenters. The maximum Gasteiger partial charge on any atom is 0.339 e. The number of ether oxygens (including phenoxy) is 4. The number of aromatic nitrogens is 2. The van der Waals surface area contributed by atoms with E-state index in [9.17, 15) is 31.2 Å². The molecule has 0 amide bonds. The number of benzene rings is 2. The molecular formula is C44H57ClN8O11S2. The summed E-state index contributed by atoms with van der Waals surface area (Å²) < 4.78 is 79.0. The number of pyridine rings is 2. The van der Waals surface area contributed by atoms with Crippen molar-refractivity contribution in [2.24, 2.45) is 0 Å². The summed E-state index contributed by atoms with van der Waals surface area (Å²) in [5.74, 6) is -0.755. The molecule has 66 heavy (non-hydrogen) atoms. The van der Waals surface area contributed by atoms with Crippen molar-refractivity contribution in [3.8, 4) is 0 Å². The van der Waals surface area contributed by atoms with Crippen LogP contribution in [0.1, 0.15) is 43.2 Å². The molecule has 8 rings (SSSR count). The molecule has 4 fully saturated rings. The van der Waals surface area contributed by atoms with Gasteiger partial charge in [0.1, 0.15) is 13.2 Å². The van der Waals surface area contributed by atoms with Crippen molar-refractivity contribution in [2.75, 3.05) is 102 Å². The van der Waals surface area contributed by atoms with Crippen LogP contribution < -0.4 is 13.9 Å². The van der Waals surface area contributed by atoms with Crippen LogP contribution in [0, 0.1) is 13.8 Å². The summed E-state index contributed by atoms with van der Waals surface area (Å²) in [5.41, 5.74) is 4.80. The summed E-state index contributed by atoms with van der Waals surface area (Å²) in [6, 6.07) is 21.6. The number of carbonyl (C=O) groups excluding carboxylic acids is 3. The van der Waals surface area contributed by atoms with Gasteiger partial charge in [-0.1, -0.05) is 24.3 Å². The Bertz CT molecular complexity index is 2460. The number of hydrogen-bond acceptors (Lipinski definition) is 15. The van der Waals surface area contributed by atoms with Crippen molar-refractivity contribution >= 4 is 61.9 Å². The number of anilines is 2. The molecule has 0 radical (unpaired) electrons. The van der Waals surface area contributed by atoms with Gasteiger partial charge >= 0.3 is 32.4 Å². The lowest BCUT2D eigenvalue weighted by atomic mass is 10.2. The predicted octanol–water partition coefficient (Wildman–Crippen LogP) is 2.79. The van der Waals surface area contributed by atoms with Crippen LogP contribution in [0.2, 0.25) is 0 Å². The lowest BCUT2D eigenvalue weighted by molar-refractivity contribution is -0.140. The number of hydrogen-bond donors (Lipinski definition) is 1. The largest absolute Gasteiger partial charge is 0.465 e. The summed E-state index contributed by atoms with van der Waals surface area (Å²) in [5, 5.41) is 3.17. The molecular weight excluding hydrogens is 916 g/mol. The SMILES string of the molecule is COC(=O)c1ccc(CN(c2cccc(C)c2)S(=O)(=O)N2CCN(C3COC3)CC2)nc1.COC(=O)c1ccc(CN(c2cccc(C)c2)S(=O)(=O)N2CCNCC2)nc1.Cl.O=C1COC1. The van der Waals surface area contributed by atoms with Gasteiger partial charge in [0.15, 0.2) is 5.78 Å². The lowest BCUT2D eigenvalue weighted by Crippen LogP contribution is -2.59. The van der Waals surface area contributed by atoms with Crippen LogP contribution in [0.5, 0.6) is 0 Å². The standard InChI is InChI=1S/C22H28N4O5S.C19H24N4O4S.C3H4O2.ClH/c1-17-4-3-5-20(12-17)26(14-19-7-6-18(13-23-19)22(27)30-2)32(28,29)25-10-8-24(9-11-25)21-15-31-16-21;1-15-4-3-5-18(12-15)23(28(25,26)22-10-8-20-9-11-22)14-17-7-6-16(13-21-17)19(24)27-2;4-3-1-5-2-3;/h3-7,12-13,21H,8-11,14-16H2,1-2H3;3-7,12-13,20H,8-11,14H2,1-2H3;1-2H2;1H. The summed E-state index contributed by atoms with van der Waals surface area (Å²) in [6.07, 6.45) is 2.80. The predicted molar refractivity (Wildman–Crippen MR) is 249 cm³/mol. The highest BCUT2D eigenvalue weighted by Gasteiger charge is 2.36. The molecule has 0 aliphatic carbocycles. The first-order chi connectivity index (χ1) is 31.2. The number of halogens is 1. The van der Waals surface area contributed by atoms with E-state index in [-0.39, 0.29) is 31.3 Å². The highest BCUT2D eigenvalue weighted by molar-refractivity contribution is 7.90. The Labute approximate surface area is 392 Å². The van der Waals surface area contributed by atoms with Crippen LogP contribution in [0.15, 0.2) is 85.2 Å². The molecule has 4 saturated heterocycles. The van der Waals surface area contributed by atoms with Gasteiger partial charge in [0.2, 0.25) is 0 Å². The van der Waals surface area contributed by atoms with E-state index < -0.39 is 32.4 Å². The quantitative estimate of drug-likeness (QED) is 0.191. The fraction of sp³-hybridized carbons (Fsp3) is 0.432. The number of aryl methyl sites for hydroxylation is 2. The normalized spacial score (nSPS) is 16.9. The van der Waals surface area contributed by atoms with E-state index in [4.69, 9.17) is 9.47 Å². The molecule has 0 bridgehead atoms. The third-order valence-electron chi connectivity index (χ3n) is 10.9. The van der Waals surface area contributed by atoms with Crippen molar-refractivity contribution in [1.82, 2.24) is 28.8 Å². The average molecular weight is 974 g/mol. The van der Waals surface area contributed by atoms with Crippen LogP contribution in [0.25, 0.3) is 0 Å². The van der Waals surface area contributed by atoms with Crippen molar-refractivity contribution in [2.45, 2.75) is 33.0 Å². The topological polar surface area (TPSA) is 210 Å². The number of carbonyl (C=O) groups is 3. The van der Waals surface area contributed by atoms with Gasteiger partial charge in [-0.05, 0) is 73.5 Å². The Morgan fingerprint density at radius 2 is 1.12 bits per heavy atom. The molecule has 358 valence electrons. The number of rotatable bonds is 13. The number of Topliss-reactive ketones (excluding diaryl/α,β-unsaturated/α-hetero) is 1. The van der Waals surface area contributed by atoms with Gasteiger partial charge in [-0.15, -0.1) is 12.4 Å². The van der Waals surface area contributed by atoms with Gasteiger partial charge in [-0.3, -0.25) is 28.3 Å². The molecule has 0 spiro atoms. The maximum atomic E-state index is 13.7. The smallest absolute Gasteiger partial charge is 0.339 e. The summed E-state index contributed by atoms with van der Waals surface area (Å²) in [7, 11) is -4.91. The van der Waals surface area contributed by atoms with Gasteiger partial charge in [0, 0.05) is 64.8 Å². The second kappa shape index (κ2) is 24.1. The maximum absolute atomic E-state index is 13.7. The molecule has 0 saturated carbocycles. The van der Waals surface area contributed by atoms with Gasteiger partial charge < -0.3 is 24.3 Å². The summed E-state index contributed by atoms with van der Waals surface area (Å²) in [4.78, 5) is 43.9. The Kier molecular flexibility index (Phi) is 18.9. The number of esters is 2. The first-order valence-corrected chi connectivity index (χ1v) is 23.9. The molecule has 0 unspecified atom stereocenters. The Morgan fingerprint density at radius 3 is 1.45 bits per heavy atom. The zero-order valence-electron chi connectivity index (χ0n) is 37.4. The number of nitrogens with one attached hydrogen (secondary N) is 1. The highest BCUT2D eigenvalue weighted by Crippen LogP contribution is 2.27. The van der Waals surface area contributed by atoms with Crippen molar-refractivity contribution in [3.63, 3.8) is 0 Å². The van der Waals surface area contributed by atoms with E-state index >= 15 is 0 Å². The van der Waals surface area contributed by atoms with E-state index in [0.29, 0.717) is 106 Å². The lowest BCUT2D eigenvalue weighted by Gasteiger charge is -2.43. The Balaban J connectivity index is 0.000000222. The van der Waals surface area contributed by atoms with Crippen LogP contribution in [0.4, 0.5) is 11.4 Å². The molecule has 2 aromatic carbocycles.